The molecule has 1 rings (SSSR count). The van der Waals surface area contributed by atoms with E-state index < -0.39 is 0 Å². The van der Waals surface area contributed by atoms with E-state index in [9.17, 15) is 0 Å². The van der Waals surface area contributed by atoms with Crippen molar-refractivity contribution in [2.75, 3.05) is 0 Å². The Morgan fingerprint density at radius 3 is 2.50 bits per heavy atom. The lowest BCUT2D eigenvalue weighted by molar-refractivity contribution is 1.11. The molecule has 0 N–H and O–H groups in total. The van der Waals surface area contributed by atoms with Gasteiger partial charge in [0, 0.05) is 5.02 Å². The molecule has 0 aliphatic heterocycles. The zero-order valence-electron chi connectivity index (χ0n) is 7.84. The summed E-state index contributed by atoms with van der Waals surface area (Å²) in [4.78, 5) is 0. The highest BCUT2D eigenvalue weighted by atomic mass is 35.5. The largest absolute Gasteiger partial charge is 0.198 e. The molecular formula is C11H9ClN2. The van der Waals surface area contributed by atoms with E-state index in [1.165, 1.54) is 0 Å². The third-order valence-electron chi connectivity index (χ3n) is 2.04. The summed E-state index contributed by atoms with van der Waals surface area (Å²) in [7, 11) is 0. The standard InChI is InChI=1S/C11H9ClN2/c1-2-8-6-11(12)9(3-4-13)5-10(8)7-14/h5-6H,2-3H2,1H3. The molecule has 0 aliphatic rings. The van der Waals surface area contributed by atoms with Crippen LogP contribution in [0.1, 0.15) is 23.6 Å². The van der Waals surface area contributed by atoms with Crippen molar-refractivity contribution in [1.82, 2.24) is 0 Å². The van der Waals surface area contributed by atoms with Crippen LogP contribution in [-0.4, -0.2) is 0 Å². The number of hydrogen-bond acceptors (Lipinski definition) is 2. The van der Waals surface area contributed by atoms with Crippen molar-refractivity contribution in [2.45, 2.75) is 19.8 Å². The Hall–Kier alpha value is -1.51. The molecule has 0 bridgehead atoms. The maximum absolute atomic E-state index is 8.86. The van der Waals surface area contributed by atoms with Crippen LogP contribution < -0.4 is 0 Å². The molecule has 14 heavy (non-hydrogen) atoms. The molecule has 70 valence electrons. The molecule has 0 atom stereocenters. The maximum atomic E-state index is 8.86. The lowest BCUT2D eigenvalue weighted by atomic mass is 10.0. The van der Waals surface area contributed by atoms with Crippen molar-refractivity contribution in [1.29, 1.82) is 10.5 Å². The second-order valence-electron chi connectivity index (χ2n) is 2.90. The number of rotatable bonds is 2. The van der Waals surface area contributed by atoms with E-state index in [0.29, 0.717) is 10.6 Å². The fourth-order valence-electron chi connectivity index (χ4n) is 1.28. The molecule has 1 aromatic carbocycles. The van der Waals surface area contributed by atoms with Gasteiger partial charge in [-0.2, -0.15) is 10.5 Å². The topological polar surface area (TPSA) is 47.6 Å². The Morgan fingerprint density at radius 1 is 1.29 bits per heavy atom. The number of nitriles is 2. The Labute approximate surface area is 88.3 Å². The van der Waals surface area contributed by atoms with Crippen molar-refractivity contribution >= 4 is 11.6 Å². The average molecular weight is 205 g/mol. The lowest BCUT2D eigenvalue weighted by Crippen LogP contribution is -1.92. The predicted molar refractivity (Wildman–Crippen MR) is 54.9 cm³/mol. The first kappa shape index (κ1) is 10.6. The molecule has 0 aliphatic carbocycles. The molecule has 3 heteroatoms. The van der Waals surface area contributed by atoms with E-state index in [2.05, 4.69) is 6.07 Å². The minimum atomic E-state index is 0.248. The summed E-state index contributed by atoms with van der Waals surface area (Å²) in [6, 6.07) is 7.59. The molecule has 0 saturated heterocycles. The molecule has 0 spiro atoms. The van der Waals surface area contributed by atoms with Crippen LogP contribution in [0, 0.1) is 22.7 Å². The summed E-state index contributed by atoms with van der Waals surface area (Å²) >= 11 is 5.96. The Bertz CT molecular complexity index is 424. The van der Waals surface area contributed by atoms with Crippen LogP contribution in [-0.2, 0) is 12.8 Å². The summed E-state index contributed by atoms with van der Waals surface area (Å²) in [6.45, 7) is 1.97. The maximum Gasteiger partial charge on any atom is 0.0994 e. The first-order valence-electron chi connectivity index (χ1n) is 4.31. The van der Waals surface area contributed by atoms with E-state index in [4.69, 9.17) is 22.1 Å². The first-order chi connectivity index (χ1) is 6.72. The van der Waals surface area contributed by atoms with Gasteiger partial charge in [-0.25, -0.2) is 0 Å². The van der Waals surface area contributed by atoms with Gasteiger partial charge in [0.25, 0.3) is 0 Å². The smallest absolute Gasteiger partial charge is 0.0994 e. The van der Waals surface area contributed by atoms with Gasteiger partial charge in [-0.1, -0.05) is 18.5 Å². The normalized spacial score (nSPS) is 9.14. The summed E-state index contributed by atoms with van der Waals surface area (Å²) in [6.07, 6.45) is 1.02. The lowest BCUT2D eigenvalue weighted by Gasteiger charge is -2.05. The summed E-state index contributed by atoms with van der Waals surface area (Å²) in [5.74, 6) is 0. The zero-order chi connectivity index (χ0) is 10.6. The highest BCUT2D eigenvalue weighted by Gasteiger charge is 2.06. The second kappa shape index (κ2) is 4.65. The quantitative estimate of drug-likeness (QED) is 0.744. The van der Waals surface area contributed by atoms with E-state index in [-0.39, 0.29) is 6.42 Å². The number of halogens is 1. The monoisotopic (exact) mass is 204 g/mol. The molecule has 0 unspecified atom stereocenters. The van der Waals surface area contributed by atoms with Crippen molar-refractivity contribution < 1.29 is 0 Å². The SMILES string of the molecule is CCc1cc(Cl)c(CC#N)cc1C#N. The number of hydrogen-bond donors (Lipinski definition) is 0. The Kier molecular flexibility index (Phi) is 3.51. The fourth-order valence-corrected chi connectivity index (χ4v) is 1.53. The third-order valence-corrected chi connectivity index (χ3v) is 2.39. The second-order valence-corrected chi connectivity index (χ2v) is 3.31. The summed E-state index contributed by atoms with van der Waals surface area (Å²) < 4.78 is 0. The van der Waals surface area contributed by atoms with Crippen LogP contribution in [0.2, 0.25) is 5.02 Å². The van der Waals surface area contributed by atoms with Crippen LogP contribution in [0.4, 0.5) is 0 Å². The number of aryl methyl sites for hydroxylation is 1. The Morgan fingerprint density at radius 2 is 2.00 bits per heavy atom. The minimum Gasteiger partial charge on any atom is -0.198 e. The number of nitrogens with zero attached hydrogens (tertiary/aromatic N) is 2. The average Bonchev–Trinajstić information content (AvgIpc) is 2.20. The molecular weight excluding hydrogens is 196 g/mol. The van der Waals surface area contributed by atoms with Gasteiger partial charge in [0.05, 0.1) is 24.1 Å². The minimum absolute atomic E-state index is 0.248. The van der Waals surface area contributed by atoms with Gasteiger partial charge in [0.2, 0.25) is 0 Å². The Balaban J connectivity index is 3.26. The summed E-state index contributed by atoms with van der Waals surface area (Å²) in [5.41, 5.74) is 2.27. The van der Waals surface area contributed by atoms with Crippen LogP contribution in [0.3, 0.4) is 0 Å². The van der Waals surface area contributed by atoms with Gasteiger partial charge in [0.15, 0.2) is 0 Å². The van der Waals surface area contributed by atoms with Crippen LogP contribution in [0.25, 0.3) is 0 Å². The van der Waals surface area contributed by atoms with Crippen molar-refractivity contribution in [3.05, 3.63) is 33.8 Å². The fraction of sp³-hybridized carbons (Fsp3) is 0.273. The molecule has 0 saturated carbocycles. The van der Waals surface area contributed by atoms with Gasteiger partial charge in [-0.15, -0.1) is 0 Å². The van der Waals surface area contributed by atoms with E-state index in [1.807, 2.05) is 13.0 Å². The van der Waals surface area contributed by atoms with Crippen LogP contribution in [0.15, 0.2) is 12.1 Å². The van der Waals surface area contributed by atoms with Crippen molar-refractivity contribution in [3.8, 4) is 12.1 Å². The molecule has 0 radical (unpaired) electrons. The zero-order valence-corrected chi connectivity index (χ0v) is 8.60. The van der Waals surface area contributed by atoms with Crippen LogP contribution in [0.5, 0.6) is 0 Å². The third kappa shape index (κ3) is 2.05. The van der Waals surface area contributed by atoms with Gasteiger partial charge in [-0.05, 0) is 29.7 Å². The van der Waals surface area contributed by atoms with Crippen molar-refractivity contribution in [2.24, 2.45) is 0 Å². The van der Waals surface area contributed by atoms with E-state index in [1.54, 1.807) is 12.1 Å². The molecule has 0 aromatic heterocycles. The summed E-state index contributed by atoms with van der Waals surface area (Å²) in [5, 5.41) is 18.0. The molecule has 1 aromatic rings. The van der Waals surface area contributed by atoms with Gasteiger partial charge in [0.1, 0.15) is 0 Å². The number of benzene rings is 1. The first-order valence-corrected chi connectivity index (χ1v) is 4.69. The molecule has 2 nitrogen and oxygen atoms in total. The predicted octanol–water partition coefficient (Wildman–Crippen LogP) is 2.84. The molecule has 0 fully saturated rings. The highest BCUT2D eigenvalue weighted by molar-refractivity contribution is 6.31. The molecule has 0 heterocycles. The van der Waals surface area contributed by atoms with E-state index >= 15 is 0 Å². The van der Waals surface area contributed by atoms with Gasteiger partial charge in [-0.3, -0.25) is 0 Å². The van der Waals surface area contributed by atoms with Crippen LogP contribution >= 0.6 is 11.6 Å². The molecule has 0 amide bonds. The van der Waals surface area contributed by atoms with Crippen molar-refractivity contribution in [3.63, 3.8) is 0 Å². The van der Waals surface area contributed by atoms with E-state index in [0.717, 1.165) is 17.5 Å². The highest BCUT2D eigenvalue weighted by Crippen LogP contribution is 2.22. The van der Waals surface area contributed by atoms with Gasteiger partial charge < -0.3 is 0 Å². The van der Waals surface area contributed by atoms with Gasteiger partial charge >= 0.3 is 0 Å².